The minimum atomic E-state index is 0.455. The lowest BCUT2D eigenvalue weighted by atomic mass is 10.1. The number of hydrogen-bond acceptors (Lipinski definition) is 2. The summed E-state index contributed by atoms with van der Waals surface area (Å²) in [5.41, 5.74) is 1.42. The van der Waals surface area contributed by atoms with Gasteiger partial charge in [-0.05, 0) is 54.5 Å². The van der Waals surface area contributed by atoms with Crippen molar-refractivity contribution in [1.82, 2.24) is 0 Å². The topological polar surface area (TPSA) is 17.1 Å². The van der Waals surface area contributed by atoms with Crippen LogP contribution in [0.25, 0.3) is 0 Å². The summed E-state index contributed by atoms with van der Waals surface area (Å²) in [6.45, 7) is 0. The minimum absolute atomic E-state index is 0.455. The van der Waals surface area contributed by atoms with E-state index in [9.17, 15) is 4.79 Å². The van der Waals surface area contributed by atoms with E-state index < -0.39 is 0 Å². The maximum absolute atomic E-state index is 11.4. The molecule has 0 N–H and O–H groups in total. The first-order valence-corrected chi connectivity index (χ1v) is 6.34. The molecule has 1 aliphatic rings. The molecule has 1 saturated carbocycles. The van der Waals surface area contributed by atoms with Crippen LogP contribution >= 0.6 is 11.3 Å². The molecule has 76 valence electrons. The molecule has 1 aromatic rings. The van der Waals surface area contributed by atoms with Crippen molar-refractivity contribution in [1.29, 1.82) is 0 Å². The summed E-state index contributed by atoms with van der Waals surface area (Å²) in [7, 11) is 0. The molecule has 0 spiro atoms. The Morgan fingerprint density at radius 2 is 2.29 bits per heavy atom. The Labute approximate surface area is 89.1 Å². The van der Waals surface area contributed by atoms with Gasteiger partial charge in [0, 0.05) is 12.3 Å². The third-order valence-electron chi connectivity index (χ3n) is 2.75. The van der Waals surface area contributed by atoms with Crippen molar-refractivity contribution >= 4 is 17.1 Å². The van der Waals surface area contributed by atoms with Gasteiger partial charge in [0.25, 0.3) is 0 Å². The summed E-state index contributed by atoms with van der Waals surface area (Å²) >= 11 is 1.75. The molecular formula is C12H16OS. The zero-order valence-electron chi connectivity index (χ0n) is 8.37. The minimum Gasteiger partial charge on any atom is -0.299 e. The van der Waals surface area contributed by atoms with Crippen molar-refractivity contribution in [2.24, 2.45) is 5.92 Å². The lowest BCUT2D eigenvalue weighted by Gasteiger charge is -1.98. The van der Waals surface area contributed by atoms with Crippen molar-refractivity contribution < 1.29 is 4.79 Å². The summed E-state index contributed by atoms with van der Waals surface area (Å²) in [6, 6.07) is 2.17. The number of rotatable bonds is 6. The van der Waals surface area contributed by atoms with Crippen LogP contribution in [0.3, 0.4) is 0 Å². The van der Waals surface area contributed by atoms with Gasteiger partial charge < -0.3 is 0 Å². The summed E-state index contributed by atoms with van der Waals surface area (Å²) in [6.07, 6.45) is 6.50. The number of carbonyl (C=O) groups excluding carboxylic acids is 1. The lowest BCUT2D eigenvalue weighted by Crippen LogP contribution is -1.99. The first-order chi connectivity index (χ1) is 6.86. The monoisotopic (exact) mass is 208 g/mol. The highest BCUT2D eigenvalue weighted by molar-refractivity contribution is 7.07. The number of Topliss-reactive ketones (excluding diaryl/α,β-unsaturated/α-hetero) is 1. The van der Waals surface area contributed by atoms with Crippen molar-refractivity contribution in [3.8, 4) is 0 Å². The van der Waals surface area contributed by atoms with Gasteiger partial charge in [0.2, 0.25) is 0 Å². The standard InChI is InChI=1S/C12H16OS/c13-12(11-5-6-11)4-2-1-3-10-7-8-14-9-10/h7-9,11H,1-6H2. The Balaban J connectivity index is 1.57. The fourth-order valence-electron chi connectivity index (χ4n) is 1.67. The summed E-state index contributed by atoms with van der Waals surface area (Å²) in [5.74, 6) is 0.964. The highest BCUT2D eigenvalue weighted by Gasteiger charge is 2.28. The van der Waals surface area contributed by atoms with E-state index in [2.05, 4.69) is 16.8 Å². The van der Waals surface area contributed by atoms with Gasteiger partial charge in [-0.25, -0.2) is 0 Å². The van der Waals surface area contributed by atoms with E-state index in [0.717, 1.165) is 38.5 Å². The van der Waals surface area contributed by atoms with Crippen LogP contribution in [-0.2, 0) is 11.2 Å². The van der Waals surface area contributed by atoms with Crippen LogP contribution in [0.5, 0.6) is 0 Å². The van der Waals surface area contributed by atoms with Crippen molar-refractivity contribution in [2.75, 3.05) is 0 Å². The molecule has 0 bridgehead atoms. The largest absolute Gasteiger partial charge is 0.299 e. The summed E-state index contributed by atoms with van der Waals surface area (Å²) < 4.78 is 0. The molecule has 2 heteroatoms. The van der Waals surface area contributed by atoms with Crippen LogP contribution in [0, 0.1) is 5.92 Å². The number of unbranched alkanes of at least 4 members (excludes halogenated alkanes) is 1. The van der Waals surface area contributed by atoms with Gasteiger partial charge in [0.05, 0.1) is 0 Å². The van der Waals surface area contributed by atoms with E-state index in [-0.39, 0.29) is 0 Å². The Morgan fingerprint density at radius 3 is 2.93 bits per heavy atom. The normalized spacial score (nSPS) is 15.7. The summed E-state index contributed by atoms with van der Waals surface area (Å²) in [5, 5.41) is 4.31. The second-order valence-corrected chi connectivity index (χ2v) is 4.86. The van der Waals surface area contributed by atoms with E-state index in [4.69, 9.17) is 0 Å². The number of ketones is 1. The van der Waals surface area contributed by atoms with E-state index in [1.807, 2.05) is 0 Å². The van der Waals surface area contributed by atoms with Crippen molar-refractivity contribution in [2.45, 2.75) is 38.5 Å². The number of carbonyl (C=O) groups is 1. The molecule has 0 aliphatic heterocycles. The maximum atomic E-state index is 11.4. The van der Waals surface area contributed by atoms with Gasteiger partial charge in [-0.15, -0.1) is 0 Å². The zero-order chi connectivity index (χ0) is 9.80. The average molecular weight is 208 g/mol. The first-order valence-electron chi connectivity index (χ1n) is 5.40. The number of aryl methyl sites for hydroxylation is 1. The Kier molecular flexibility index (Phi) is 3.35. The van der Waals surface area contributed by atoms with Crippen LogP contribution in [0.4, 0.5) is 0 Å². The second kappa shape index (κ2) is 4.74. The van der Waals surface area contributed by atoms with E-state index in [0.29, 0.717) is 11.7 Å². The van der Waals surface area contributed by atoms with Crippen LogP contribution in [-0.4, -0.2) is 5.78 Å². The van der Waals surface area contributed by atoms with Crippen LogP contribution in [0.2, 0.25) is 0 Å². The van der Waals surface area contributed by atoms with Crippen molar-refractivity contribution in [3.05, 3.63) is 22.4 Å². The maximum Gasteiger partial charge on any atom is 0.135 e. The highest BCUT2D eigenvalue weighted by Crippen LogP contribution is 2.31. The molecule has 0 atom stereocenters. The zero-order valence-corrected chi connectivity index (χ0v) is 9.19. The Morgan fingerprint density at radius 1 is 1.43 bits per heavy atom. The first kappa shape index (κ1) is 9.91. The number of thiophene rings is 1. The predicted octanol–water partition coefficient (Wildman–Crippen LogP) is 3.44. The molecule has 0 unspecified atom stereocenters. The molecule has 2 rings (SSSR count). The molecule has 1 fully saturated rings. The van der Waals surface area contributed by atoms with E-state index in [1.165, 1.54) is 5.56 Å². The van der Waals surface area contributed by atoms with Gasteiger partial charge in [-0.1, -0.05) is 0 Å². The smallest absolute Gasteiger partial charge is 0.135 e. The SMILES string of the molecule is O=C(CCCCc1ccsc1)C1CC1. The third-order valence-corrected chi connectivity index (χ3v) is 3.48. The van der Waals surface area contributed by atoms with Gasteiger partial charge in [0.15, 0.2) is 0 Å². The molecule has 0 radical (unpaired) electrons. The predicted molar refractivity (Wildman–Crippen MR) is 59.6 cm³/mol. The molecule has 0 amide bonds. The van der Waals surface area contributed by atoms with Crippen LogP contribution < -0.4 is 0 Å². The average Bonchev–Trinajstić information content (AvgIpc) is 2.92. The number of hydrogen-bond donors (Lipinski definition) is 0. The fourth-order valence-corrected chi connectivity index (χ4v) is 2.38. The molecule has 1 heterocycles. The van der Waals surface area contributed by atoms with Crippen molar-refractivity contribution in [3.63, 3.8) is 0 Å². The summed E-state index contributed by atoms with van der Waals surface area (Å²) in [4.78, 5) is 11.4. The van der Waals surface area contributed by atoms with Crippen LogP contribution in [0.1, 0.15) is 37.7 Å². The molecule has 0 aromatic carbocycles. The van der Waals surface area contributed by atoms with Gasteiger partial charge in [-0.3, -0.25) is 4.79 Å². The molecule has 1 aliphatic carbocycles. The van der Waals surface area contributed by atoms with E-state index >= 15 is 0 Å². The molecule has 0 saturated heterocycles. The Hall–Kier alpha value is -0.630. The van der Waals surface area contributed by atoms with Crippen LogP contribution in [0.15, 0.2) is 16.8 Å². The molecular weight excluding hydrogens is 192 g/mol. The fraction of sp³-hybridized carbons (Fsp3) is 0.583. The quantitative estimate of drug-likeness (QED) is 0.654. The van der Waals surface area contributed by atoms with Gasteiger partial charge in [0.1, 0.15) is 5.78 Å². The molecule has 1 aromatic heterocycles. The van der Waals surface area contributed by atoms with Gasteiger partial charge >= 0.3 is 0 Å². The third kappa shape index (κ3) is 2.95. The molecule has 1 nitrogen and oxygen atoms in total. The van der Waals surface area contributed by atoms with E-state index in [1.54, 1.807) is 11.3 Å². The van der Waals surface area contributed by atoms with Gasteiger partial charge in [-0.2, -0.15) is 11.3 Å². The highest BCUT2D eigenvalue weighted by atomic mass is 32.1. The Bertz CT molecular complexity index is 285. The lowest BCUT2D eigenvalue weighted by molar-refractivity contribution is -0.120. The second-order valence-electron chi connectivity index (χ2n) is 4.08. The molecule has 14 heavy (non-hydrogen) atoms.